The summed E-state index contributed by atoms with van der Waals surface area (Å²) in [4.78, 5) is 18.6. The number of carbonyl (C=O) groups excluding carboxylic acids is 1. The van der Waals surface area contributed by atoms with Crippen molar-refractivity contribution in [2.75, 3.05) is 12.8 Å². The van der Waals surface area contributed by atoms with Gasteiger partial charge < -0.3 is 10.5 Å². The molecule has 1 heterocycles. The van der Waals surface area contributed by atoms with Crippen molar-refractivity contribution in [3.63, 3.8) is 0 Å². The predicted molar refractivity (Wildman–Crippen MR) is 42.5 cm³/mol. The van der Waals surface area contributed by atoms with E-state index in [9.17, 15) is 4.79 Å². The molecule has 0 atom stereocenters. The van der Waals surface area contributed by atoms with Crippen LogP contribution in [0.15, 0.2) is 6.20 Å². The predicted octanol–water partition coefficient (Wildman–Crippen LogP) is 0.154. The quantitative estimate of drug-likeness (QED) is 0.602. The van der Waals surface area contributed by atoms with E-state index in [2.05, 4.69) is 14.7 Å². The van der Waals surface area contributed by atoms with Gasteiger partial charge >= 0.3 is 5.97 Å². The molecule has 5 heteroatoms. The molecule has 64 valence electrons. The summed E-state index contributed by atoms with van der Waals surface area (Å²) < 4.78 is 4.45. The third-order valence-corrected chi connectivity index (χ3v) is 1.38. The number of anilines is 1. The van der Waals surface area contributed by atoms with Gasteiger partial charge in [-0.15, -0.1) is 0 Å². The second-order valence-electron chi connectivity index (χ2n) is 2.22. The molecular formula is C7H9N3O2. The molecule has 5 nitrogen and oxygen atoms in total. The van der Waals surface area contributed by atoms with Gasteiger partial charge in [0.25, 0.3) is 0 Å². The van der Waals surface area contributed by atoms with E-state index in [-0.39, 0.29) is 5.69 Å². The second kappa shape index (κ2) is 3.17. The van der Waals surface area contributed by atoms with Crippen molar-refractivity contribution in [2.45, 2.75) is 6.92 Å². The van der Waals surface area contributed by atoms with Gasteiger partial charge in [0.15, 0.2) is 5.69 Å². The summed E-state index contributed by atoms with van der Waals surface area (Å²) in [5, 5.41) is 0. The molecule has 0 aromatic carbocycles. The van der Waals surface area contributed by atoms with Gasteiger partial charge in [-0.25, -0.2) is 14.8 Å². The highest BCUT2D eigenvalue weighted by Gasteiger charge is 2.08. The largest absolute Gasteiger partial charge is 0.464 e. The van der Waals surface area contributed by atoms with E-state index >= 15 is 0 Å². The molecule has 1 aromatic heterocycles. The van der Waals surface area contributed by atoms with Crippen LogP contribution in [0.3, 0.4) is 0 Å². The summed E-state index contributed by atoms with van der Waals surface area (Å²) >= 11 is 0. The van der Waals surface area contributed by atoms with Crippen molar-refractivity contribution < 1.29 is 9.53 Å². The van der Waals surface area contributed by atoms with E-state index in [0.29, 0.717) is 11.5 Å². The lowest BCUT2D eigenvalue weighted by molar-refractivity contribution is 0.0593. The normalized spacial score (nSPS) is 9.50. The van der Waals surface area contributed by atoms with Crippen LogP contribution in [0.25, 0.3) is 0 Å². The Morgan fingerprint density at radius 3 is 2.83 bits per heavy atom. The Morgan fingerprint density at radius 1 is 1.67 bits per heavy atom. The Hall–Kier alpha value is -1.65. The number of nitrogens with two attached hydrogens (primary N) is 1. The van der Waals surface area contributed by atoms with E-state index in [1.165, 1.54) is 13.3 Å². The first kappa shape index (κ1) is 8.45. The number of aryl methyl sites for hydroxylation is 1. The van der Waals surface area contributed by atoms with Crippen molar-refractivity contribution in [1.82, 2.24) is 9.97 Å². The molecule has 0 saturated carbocycles. The Bertz CT molecular complexity index is 312. The summed E-state index contributed by atoms with van der Waals surface area (Å²) in [5.74, 6) is -0.187. The first-order valence-electron chi connectivity index (χ1n) is 3.32. The standard InChI is InChI=1S/C7H9N3O2/c1-4-6(8)9-3-5(10-4)7(11)12-2/h3H,1-2H3,(H2,8,9). The van der Waals surface area contributed by atoms with Crippen molar-refractivity contribution >= 4 is 11.8 Å². The number of rotatable bonds is 1. The lowest BCUT2D eigenvalue weighted by atomic mass is 10.4. The average Bonchev–Trinajstić information content (AvgIpc) is 2.08. The van der Waals surface area contributed by atoms with Crippen LogP contribution in [0, 0.1) is 6.92 Å². The molecule has 0 amide bonds. The van der Waals surface area contributed by atoms with Crippen molar-refractivity contribution in [3.8, 4) is 0 Å². The van der Waals surface area contributed by atoms with Gasteiger partial charge in [-0.2, -0.15) is 0 Å². The molecule has 2 N–H and O–H groups in total. The minimum atomic E-state index is -0.509. The number of hydrogen-bond acceptors (Lipinski definition) is 5. The third kappa shape index (κ3) is 1.50. The fraction of sp³-hybridized carbons (Fsp3) is 0.286. The zero-order valence-electron chi connectivity index (χ0n) is 6.87. The summed E-state index contributed by atoms with van der Waals surface area (Å²) in [6, 6.07) is 0. The van der Waals surface area contributed by atoms with Crippen LogP contribution in [0.5, 0.6) is 0 Å². The van der Waals surface area contributed by atoms with Gasteiger partial charge in [0, 0.05) is 0 Å². The minimum Gasteiger partial charge on any atom is -0.464 e. The Kier molecular flexibility index (Phi) is 2.23. The number of ether oxygens (including phenoxy) is 1. The lowest BCUT2D eigenvalue weighted by Crippen LogP contribution is -2.07. The molecule has 0 radical (unpaired) electrons. The average molecular weight is 167 g/mol. The second-order valence-corrected chi connectivity index (χ2v) is 2.22. The molecule has 0 aliphatic rings. The molecule has 0 unspecified atom stereocenters. The number of nitrogen functional groups attached to an aromatic ring is 1. The first-order valence-corrected chi connectivity index (χ1v) is 3.32. The van der Waals surface area contributed by atoms with Gasteiger partial charge in [-0.3, -0.25) is 0 Å². The highest BCUT2D eigenvalue weighted by Crippen LogP contribution is 2.04. The van der Waals surface area contributed by atoms with Crippen LogP contribution in [-0.4, -0.2) is 23.0 Å². The van der Waals surface area contributed by atoms with Crippen LogP contribution in [0.1, 0.15) is 16.2 Å². The van der Waals surface area contributed by atoms with E-state index < -0.39 is 5.97 Å². The Morgan fingerprint density at radius 2 is 2.33 bits per heavy atom. The number of hydrogen-bond donors (Lipinski definition) is 1. The van der Waals surface area contributed by atoms with E-state index in [0.717, 1.165) is 0 Å². The minimum absolute atomic E-state index is 0.171. The van der Waals surface area contributed by atoms with Crippen LogP contribution in [-0.2, 0) is 4.74 Å². The van der Waals surface area contributed by atoms with Gasteiger partial charge in [0.2, 0.25) is 0 Å². The Labute approximate surface area is 69.6 Å². The summed E-state index contributed by atoms with van der Waals surface area (Å²) in [6.45, 7) is 1.68. The van der Waals surface area contributed by atoms with Crippen LogP contribution >= 0.6 is 0 Å². The molecule has 0 bridgehead atoms. The Balaban J connectivity index is 3.05. The number of esters is 1. The molecule has 12 heavy (non-hydrogen) atoms. The lowest BCUT2D eigenvalue weighted by Gasteiger charge is -2.00. The molecule has 0 saturated heterocycles. The highest BCUT2D eigenvalue weighted by atomic mass is 16.5. The molecular weight excluding hydrogens is 158 g/mol. The summed E-state index contributed by atoms with van der Waals surface area (Å²) in [5.41, 5.74) is 6.10. The zero-order chi connectivity index (χ0) is 9.14. The molecule has 0 fully saturated rings. The van der Waals surface area contributed by atoms with Crippen molar-refractivity contribution in [2.24, 2.45) is 0 Å². The van der Waals surface area contributed by atoms with Gasteiger partial charge in [0.1, 0.15) is 5.82 Å². The smallest absolute Gasteiger partial charge is 0.358 e. The van der Waals surface area contributed by atoms with Gasteiger partial charge in [-0.1, -0.05) is 0 Å². The summed E-state index contributed by atoms with van der Waals surface area (Å²) in [6.07, 6.45) is 1.29. The summed E-state index contributed by atoms with van der Waals surface area (Å²) in [7, 11) is 1.29. The van der Waals surface area contributed by atoms with Crippen LogP contribution in [0.2, 0.25) is 0 Å². The fourth-order valence-corrected chi connectivity index (χ4v) is 0.694. The van der Waals surface area contributed by atoms with Crippen LogP contribution in [0.4, 0.5) is 5.82 Å². The molecule has 0 spiro atoms. The van der Waals surface area contributed by atoms with E-state index in [1.807, 2.05) is 0 Å². The maximum absolute atomic E-state index is 10.9. The number of aromatic nitrogens is 2. The number of carbonyl (C=O) groups is 1. The monoisotopic (exact) mass is 167 g/mol. The fourth-order valence-electron chi connectivity index (χ4n) is 0.694. The first-order chi connectivity index (χ1) is 5.65. The van der Waals surface area contributed by atoms with Crippen molar-refractivity contribution in [1.29, 1.82) is 0 Å². The maximum Gasteiger partial charge on any atom is 0.358 e. The van der Waals surface area contributed by atoms with E-state index in [4.69, 9.17) is 5.73 Å². The number of methoxy groups -OCH3 is 1. The SMILES string of the molecule is COC(=O)c1cnc(N)c(C)n1. The van der Waals surface area contributed by atoms with Crippen LogP contribution < -0.4 is 5.73 Å². The zero-order valence-corrected chi connectivity index (χ0v) is 6.87. The number of nitrogens with zero attached hydrogens (tertiary/aromatic N) is 2. The molecule has 0 aliphatic carbocycles. The van der Waals surface area contributed by atoms with Gasteiger partial charge in [0.05, 0.1) is 19.0 Å². The highest BCUT2D eigenvalue weighted by molar-refractivity contribution is 5.86. The third-order valence-electron chi connectivity index (χ3n) is 1.38. The molecule has 1 rings (SSSR count). The maximum atomic E-state index is 10.9. The molecule has 0 aliphatic heterocycles. The van der Waals surface area contributed by atoms with Gasteiger partial charge in [-0.05, 0) is 6.92 Å². The van der Waals surface area contributed by atoms with E-state index in [1.54, 1.807) is 6.92 Å². The molecule has 1 aromatic rings. The van der Waals surface area contributed by atoms with Crippen molar-refractivity contribution in [3.05, 3.63) is 17.6 Å². The topological polar surface area (TPSA) is 78.1 Å².